The standard InChI is InChI=1S/C34H34N2O7/c1-4-5-14-25(34(40)43-18-27(37)35-24-16-15-19(41-2)17-26(24)42-3)36-32(38)30-28-20-10-6-7-11-21(20)29(31(30)33(36)39)23-13-9-8-12-22(23)28/h6-13,15-17,25,28-31H,4-5,14,18H2,1-3H3,(H,35,37)/t25-,28?,29?,30+,31+/m1/s1. The number of likely N-dealkylation sites (tertiary alicyclic amines) is 1. The van der Waals surface area contributed by atoms with Crippen molar-refractivity contribution in [1.82, 2.24) is 4.90 Å². The Morgan fingerprint density at radius 2 is 1.40 bits per heavy atom. The minimum absolute atomic E-state index is 0.259. The topological polar surface area (TPSA) is 111 Å². The van der Waals surface area contributed by atoms with Crippen LogP contribution in [-0.4, -0.2) is 55.5 Å². The van der Waals surface area contributed by atoms with Crippen LogP contribution in [0.3, 0.4) is 0 Å². The van der Waals surface area contributed by atoms with Crippen LogP contribution < -0.4 is 14.8 Å². The molecule has 1 heterocycles. The van der Waals surface area contributed by atoms with Gasteiger partial charge in [-0.1, -0.05) is 68.3 Å². The Morgan fingerprint density at radius 1 is 0.837 bits per heavy atom. The van der Waals surface area contributed by atoms with Gasteiger partial charge in [-0.2, -0.15) is 0 Å². The molecule has 0 radical (unpaired) electrons. The zero-order valence-electron chi connectivity index (χ0n) is 24.4. The molecule has 1 aliphatic heterocycles. The maximum absolute atomic E-state index is 14.2. The number of anilines is 1. The van der Waals surface area contributed by atoms with Crippen LogP contribution >= 0.6 is 0 Å². The molecular weight excluding hydrogens is 548 g/mol. The molecule has 9 heteroatoms. The number of methoxy groups -OCH3 is 2. The summed E-state index contributed by atoms with van der Waals surface area (Å²) in [5.74, 6) is -2.83. The third-order valence-corrected chi connectivity index (χ3v) is 8.93. The summed E-state index contributed by atoms with van der Waals surface area (Å²) in [5, 5.41) is 2.67. The summed E-state index contributed by atoms with van der Waals surface area (Å²) in [5.41, 5.74) is 4.64. The largest absolute Gasteiger partial charge is 0.497 e. The first-order valence-corrected chi connectivity index (χ1v) is 14.6. The second-order valence-corrected chi connectivity index (χ2v) is 11.2. The van der Waals surface area contributed by atoms with Crippen molar-refractivity contribution in [2.75, 3.05) is 26.1 Å². The molecule has 43 heavy (non-hydrogen) atoms. The molecule has 1 N–H and O–H groups in total. The maximum Gasteiger partial charge on any atom is 0.329 e. The SMILES string of the molecule is CCCC[C@H](C(=O)OCC(=O)Nc1ccc(OC)cc1OC)N1C(=O)[C@H]2C3c4ccccc4C(c4ccccc43)[C@@H]2C1=O. The fourth-order valence-corrected chi connectivity index (χ4v) is 7.08. The lowest BCUT2D eigenvalue weighted by Crippen LogP contribution is -2.47. The summed E-state index contributed by atoms with van der Waals surface area (Å²) in [7, 11) is 2.99. The smallest absolute Gasteiger partial charge is 0.329 e. The third-order valence-electron chi connectivity index (χ3n) is 8.93. The molecule has 1 saturated heterocycles. The number of benzene rings is 3. The normalized spacial score (nSPS) is 21.9. The van der Waals surface area contributed by atoms with Crippen molar-refractivity contribution < 1.29 is 33.4 Å². The molecule has 1 fully saturated rings. The van der Waals surface area contributed by atoms with Gasteiger partial charge in [-0.05, 0) is 40.8 Å². The van der Waals surface area contributed by atoms with E-state index in [0.29, 0.717) is 23.6 Å². The number of rotatable bonds is 10. The monoisotopic (exact) mass is 582 g/mol. The summed E-state index contributed by atoms with van der Waals surface area (Å²) in [4.78, 5) is 55.8. The van der Waals surface area contributed by atoms with Crippen LogP contribution in [0.15, 0.2) is 66.7 Å². The summed E-state index contributed by atoms with van der Waals surface area (Å²) in [6.07, 6.45) is 1.62. The van der Waals surface area contributed by atoms with Gasteiger partial charge in [-0.3, -0.25) is 19.3 Å². The summed E-state index contributed by atoms with van der Waals surface area (Å²) >= 11 is 0. The molecule has 3 aromatic rings. The van der Waals surface area contributed by atoms with Crippen molar-refractivity contribution in [2.24, 2.45) is 11.8 Å². The fourth-order valence-electron chi connectivity index (χ4n) is 7.08. The van der Waals surface area contributed by atoms with Gasteiger partial charge >= 0.3 is 5.97 Å². The first-order chi connectivity index (χ1) is 20.9. The van der Waals surface area contributed by atoms with Crippen LogP contribution in [0, 0.1) is 11.8 Å². The molecule has 3 atom stereocenters. The van der Waals surface area contributed by atoms with Gasteiger partial charge in [0.2, 0.25) is 11.8 Å². The molecule has 222 valence electrons. The van der Waals surface area contributed by atoms with E-state index in [9.17, 15) is 19.2 Å². The van der Waals surface area contributed by atoms with Crippen molar-refractivity contribution in [2.45, 2.75) is 44.1 Å². The highest BCUT2D eigenvalue weighted by molar-refractivity contribution is 6.10. The molecule has 3 aliphatic carbocycles. The third kappa shape index (κ3) is 4.73. The lowest BCUT2D eigenvalue weighted by atomic mass is 9.55. The number of esters is 1. The zero-order chi connectivity index (χ0) is 30.2. The average Bonchev–Trinajstić information content (AvgIpc) is 3.30. The Bertz CT molecular complexity index is 1490. The molecule has 9 nitrogen and oxygen atoms in total. The number of nitrogens with one attached hydrogen (secondary N) is 1. The van der Waals surface area contributed by atoms with E-state index in [0.717, 1.165) is 33.6 Å². The molecule has 4 aliphatic rings. The molecule has 2 bridgehead atoms. The predicted molar refractivity (Wildman–Crippen MR) is 158 cm³/mol. The molecule has 0 unspecified atom stereocenters. The lowest BCUT2D eigenvalue weighted by Gasteiger charge is -2.45. The Balaban J connectivity index is 1.24. The molecule has 0 aromatic heterocycles. The summed E-state index contributed by atoms with van der Waals surface area (Å²) in [6, 6.07) is 19.8. The van der Waals surface area contributed by atoms with E-state index in [2.05, 4.69) is 5.32 Å². The number of ether oxygens (including phenoxy) is 3. The van der Waals surface area contributed by atoms with Gasteiger partial charge in [0, 0.05) is 17.9 Å². The van der Waals surface area contributed by atoms with Gasteiger partial charge in [0.05, 0.1) is 31.7 Å². The van der Waals surface area contributed by atoms with Crippen LogP contribution in [0.2, 0.25) is 0 Å². The van der Waals surface area contributed by atoms with Crippen LogP contribution in [0.5, 0.6) is 11.5 Å². The first-order valence-electron chi connectivity index (χ1n) is 14.6. The van der Waals surface area contributed by atoms with Gasteiger partial charge in [-0.25, -0.2) is 4.79 Å². The van der Waals surface area contributed by atoms with Crippen molar-refractivity contribution >= 4 is 29.4 Å². The van der Waals surface area contributed by atoms with Gasteiger partial charge < -0.3 is 19.5 Å². The second kappa shape index (κ2) is 11.6. The molecule has 7 rings (SSSR count). The second-order valence-electron chi connectivity index (χ2n) is 11.2. The van der Waals surface area contributed by atoms with Crippen LogP contribution in [0.4, 0.5) is 5.69 Å². The van der Waals surface area contributed by atoms with Gasteiger partial charge in [0.1, 0.15) is 17.5 Å². The number of carbonyl (C=O) groups excluding carboxylic acids is 4. The van der Waals surface area contributed by atoms with E-state index in [-0.39, 0.29) is 30.1 Å². The van der Waals surface area contributed by atoms with Crippen molar-refractivity contribution in [3.8, 4) is 11.5 Å². The molecular formula is C34H34N2O7. The maximum atomic E-state index is 14.2. The van der Waals surface area contributed by atoms with Crippen LogP contribution in [0.1, 0.15) is 60.3 Å². The minimum Gasteiger partial charge on any atom is -0.497 e. The van der Waals surface area contributed by atoms with Gasteiger partial charge in [0.15, 0.2) is 6.61 Å². The van der Waals surface area contributed by atoms with Crippen LogP contribution in [0.25, 0.3) is 0 Å². The highest BCUT2D eigenvalue weighted by Crippen LogP contribution is 2.61. The zero-order valence-corrected chi connectivity index (χ0v) is 24.4. The Labute approximate surface area is 250 Å². The van der Waals surface area contributed by atoms with E-state index >= 15 is 0 Å². The highest BCUT2D eigenvalue weighted by Gasteiger charge is 2.63. The van der Waals surface area contributed by atoms with E-state index in [4.69, 9.17) is 14.2 Å². The predicted octanol–water partition coefficient (Wildman–Crippen LogP) is 4.64. The number of carbonyl (C=O) groups is 4. The lowest BCUT2D eigenvalue weighted by molar-refractivity contribution is -0.160. The Morgan fingerprint density at radius 3 is 1.88 bits per heavy atom. The van der Waals surface area contributed by atoms with E-state index in [1.165, 1.54) is 14.2 Å². The first kappa shape index (κ1) is 28.5. The number of amides is 3. The minimum atomic E-state index is -1.11. The van der Waals surface area contributed by atoms with Crippen molar-refractivity contribution in [3.05, 3.63) is 89.0 Å². The van der Waals surface area contributed by atoms with Gasteiger partial charge in [0.25, 0.3) is 5.91 Å². The van der Waals surface area contributed by atoms with Crippen molar-refractivity contribution in [1.29, 1.82) is 0 Å². The van der Waals surface area contributed by atoms with Gasteiger partial charge in [-0.15, -0.1) is 0 Å². The number of imide groups is 1. The molecule has 3 amide bonds. The van der Waals surface area contributed by atoms with E-state index < -0.39 is 36.4 Å². The van der Waals surface area contributed by atoms with Crippen LogP contribution in [-0.2, 0) is 23.9 Å². The molecule has 3 aromatic carbocycles. The Kier molecular flexibility index (Phi) is 7.64. The molecule has 0 saturated carbocycles. The summed E-state index contributed by atoms with van der Waals surface area (Å²) in [6.45, 7) is 1.39. The van der Waals surface area contributed by atoms with E-state index in [1.54, 1.807) is 18.2 Å². The number of unbranched alkanes of at least 4 members (excludes halogenated alkanes) is 1. The number of hydrogen-bond acceptors (Lipinski definition) is 7. The van der Waals surface area contributed by atoms with Crippen molar-refractivity contribution in [3.63, 3.8) is 0 Å². The Hall–Kier alpha value is -4.66. The summed E-state index contributed by atoms with van der Waals surface area (Å²) < 4.78 is 16.0. The average molecular weight is 583 g/mol. The fraction of sp³-hybridized carbons (Fsp3) is 0.353. The van der Waals surface area contributed by atoms with E-state index in [1.807, 2.05) is 55.5 Å². The molecule has 0 spiro atoms. The number of hydrogen-bond donors (Lipinski definition) is 1. The quantitative estimate of drug-likeness (QED) is 0.274. The number of nitrogens with zero attached hydrogens (tertiary/aromatic N) is 1. The highest BCUT2D eigenvalue weighted by atomic mass is 16.5.